The van der Waals surface area contributed by atoms with E-state index in [1.807, 2.05) is 26.0 Å². The van der Waals surface area contributed by atoms with Gasteiger partial charge in [0.1, 0.15) is 5.75 Å². The lowest BCUT2D eigenvalue weighted by Gasteiger charge is -2.16. The fourth-order valence-electron chi connectivity index (χ4n) is 3.10. The highest BCUT2D eigenvalue weighted by Crippen LogP contribution is 2.28. The van der Waals surface area contributed by atoms with E-state index in [0.717, 1.165) is 27.0 Å². The molecule has 2 aromatic heterocycles. The summed E-state index contributed by atoms with van der Waals surface area (Å²) in [5, 5.41) is 7.07. The normalized spacial score (nSPS) is 16.9. The largest absolute Gasteiger partial charge is 0.497 e. The van der Waals surface area contributed by atoms with E-state index in [1.54, 1.807) is 28.7 Å². The van der Waals surface area contributed by atoms with E-state index in [4.69, 9.17) is 4.74 Å². The Bertz CT molecular complexity index is 1020. The molecular weight excluding hydrogens is 366 g/mol. The van der Waals surface area contributed by atoms with Crippen LogP contribution in [0, 0.1) is 19.8 Å². The third kappa shape index (κ3) is 3.14. The maximum atomic E-state index is 12.6. The van der Waals surface area contributed by atoms with Crippen LogP contribution in [-0.2, 0) is 9.59 Å². The number of hydrogen-bond acceptors (Lipinski definition) is 6. The molecule has 1 aliphatic heterocycles. The Kier molecular flexibility index (Phi) is 4.31. The van der Waals surface area contributed by atoms with Gasteiger partial charge >= 0.3 is 0 Å². The number of carbonyl (C=O) groups is 2. The summed E-state index contributed by atoms with van der Waals surface area (Å²) >= 11 is 1.53. The number of hydrogen-bond donors (Lipinski definition) is 1. The molecular formula is C18H19N5O3S. The Morgan fingerprint density at radius 2 is 2.04 bits per heavy atom. The van der Waals surface area contributed by atoms with Crippen LogP contribution in [0.5, 0.6) is 5.75 Å². The van der Waals surface area contributed by atoms with Crippen molar-refractivity contribution >= 4 is 39.7 Å². The molecule has 8 nitrogen and oxygen atoms in total. The molecule has 2 amide bonds. The van der Waals surface area contributed by atoms with Crippen LogP contribution in [0.3, 0.4) is 0 Å². The first-order chi connectivity index (χ1) is 13.0. The molecule has 140 valence electrons. The molecule has 0 aliphatic carbocycles. The van der Waals surface area contributed by atoms with Gasteiger partial charge in [-0.1, -0.05) is 11.3 Å². The number of rotatable bonds is 4. The van der Waals surface area contributed by atoms with Crippen molar-refractivity contribution in [1.82, 2.24) is 14.6 Å². The van der Waals surface area contributed by atoms with E-state index in [2.05, 4.69) is 15.4 Å². The summed E-state index contributed by atoms with van der Waals surface area (Å²) < 4.78 is 6.86. The van der Waals surface area contributed by atoms with E-state index in [9.17, 15) is 9.59 Å². The van der Waals surface area contributed by atoms with Gasteiger partial charge < -0.3 is 9.64 Å². The van der Waals surface area contributed by atoms with Crippen molar-refractivity contribution in [2.75, 3.05) is 23.9 Å². The first kappa shape index (κ1) is 17.5. The first-order valence-corrected chi connectivity index (χ1v) is 9.36. The summed E-state index contributed by atoms with van der Waals surface area (Å²) in [5.41, 5.74) is 1.76. The number of nitrogens with zero attached hydrogens (tertiary/aromatic N) is 4. The minimum atomic E-state index is -0.441. The molecule has 3 aromatic rings. The van der Waals surface area contributed by atoms with Crippen molar-refractivity contribution in [2.24, 2.45) is 5.92 Å². The maximum absolute atomic E-state index is 12.6. The number of nitrogens with one attached hydrogen (secondary N) is 1. The zero-order valence-electron chi connectivity index (χ0n) is 15.2. The van der Waals surface area contributed by atoms with E-state index in [0.29, 0.717) is 6.54 Å². The number of fused-ring (bicyclic) bond motifs is 1. The Balaban J connectivity index is 1.46. The number of amides is 2. The average Bonchev–Trinajstić information content (AvgIpc) is 3.31. The first-order valence-electron chi connectivity index (χ1n) is 8.54. The summed E-state index contributed by atoms with van der Waals surface area (Å²) in [7, 11) is 1.59. The van der Waals surface area contributed by atoms with E-state index >= 15 is 0 Å². The maximum Gasteiger partial charge on any atom is 0.250 e. The number of benzene rings is 1. The van der Waals surface area contributed by atoms with Gasteiger partial charge in [0.05, 0.1) is 18.7 Å². The van der Waals surface area contributed by atoms with Gasteiger partial charge in [-0.15, -0.1) is 5.10 Å². The molecule has 1 aromatic carbocycles. The molecule has 1 unspecified atom stereocenters. The molecule has 1 fully saturated rings. The van der Waals surface area contributed by atoms with Crippen molar-refractivity contribution < 1.29 is 14.3 Å². The Hall–Kier alpha value is -2.94. The second kappa shape index (κ2) is 6.66. The second-order valence-electron chi connectivity index (χ2n) is 6.47. The summed E-state index contributed by atoms with van der Waals surface area (Å²) in [5.74, 6) is 0.224. The number of aryl methyl sites for hydroxylation is 2. The number of anilines is 2. The lowest BCUT2D eigenvalue weighted by atomic mass is 10.1. The molecule has 0 spiro atoms. The third-order valence-corrected chi connectivity index (χ3v) is 5.81. The van der Waals surface area contributed by atoms with Gasteiger partial charge in [-0.05, 0) is 38.1 Å². The number of aromatic nitrogens is 3. The van der Waals surface area contributed by atoms with E-state index < -0.39 is 5.92 Å². The molecule has 3 heterocycles. The molecule has 27 heavy (non-hydrogen) atoms. The van der Waals surface area contributed by atoms with Gasteiger partial charge in [-0.25, -0.2) is 4.52 Å². The minimum Gasteiger partial charge on any atom is -0.497 e. The van der Waals surface area contributed by atoms with Crippen molar-refractivity contribution in [3.05, 3.63) is 34.8 Å². The molecule has 4 rings (SSSR count). The van der Waals surface area contributed by atoms with Crippen LogP contribution in [0.2, 0.25) is 0 Å². The number of methoxy groups -OCH3 is 1. The fraction of sp³-hybridized carbons (Fsp3) is 0.333. The lowest BCUT2D eigenvalue weighted by molar-refractivity contribution is -0.122. The predicted molar refractivity (Wildman–Crippen MR) is 102 cm³/mol. The van der Waals surface area contributed by atoms with E-state index in [-0.39, 0.29) is 24.2 Å². The molecule has 0 saturated carbocycles. The van der Waals surface area contributed by atoms with Gasteiger partial charge in [0.25, 0.3) is 0 Å². The Labute approximate surface area is 159 Å². The van der Waals surface area contributed by atoms with Crippen LogP contribution in [0.1, 0.15) is 17.0 Å². The Morgan fingerprint density at radius 1 is 1.30 bits per heavy atom. The van der Waals surface area contributed by atoms with Gasteiger partial charge in [-0.2, -0.15) is 4.98 Å². The van der Waals surface area contributed by atoms with Gasteiger partial charge in [0.2, 0.25) is 22.7 Å². The quantitative estimate of drug-likeness (QED) is 0.745. The fourth-order valence-corrected chi connectivity index (χ4v) is 4.01. The molecule has 1 saturated heterocycles. The van der Waals surface area contributed by atoms with Gasteiger partial charge in [0.15, 0.2) is 0 Å². The van der Waals surface area contributed by atoms with Crippen LogP contribution in [0.15, 0.2) is 24.3 Å². The standard InChI is InChI=1S/C18H19N5O3S/c1-10-11(2)27-18-20-17(21-23(10)18)19-16(25)12-8-15(24)22(9-12)13-4-6-14(26-3)7-5-13/h4-7,12H,8-9H2,1-3H3,(H,19,21,25). The van der Waals surface area contributed by atoms with Crippen molar-refractivity contribution in [1.29, 1.82) is 0 Å². The number of carbonyl (C=O) groups excluding carboxylic acids is 2. The molecule has 0 bridgehead atoms. The monoisotopic (exact) mass is 385 g/mol. The van der Waals surface area contributed by atoms with Crippen LogP contribution in [-0.4, -0.2) is 40.1 Å². The molecule has 9 heteroatoms. The van der Waals surface area contributed by atoms with Crippen molar-refractivity contribution in [3.63, 3.8) is 0 Å². The third-order valence-electron chi connectivity index (χ3n) is 4.76. The predicted octanol–water partition coefficient (Wildman–Crippen LogP) is 2.41. The molecule has 1 aliphatic rings. The van der Waals surface area contributed by atoms with Crippen molar-refractivity contribution in [3.8, 4) is 5.75 Å². The Morgan fingerprint density at radius 3 is 2.70 bits per heavy atom. The van der Waals surface area contributed by atoms with Gasteiger partial charge in [-0.3, -0.25) is 14.9 Å². The zero-order chi connectivity index (χ0) is 19.1. The number of thiazole rings is 1. The number of ether oxygens (including phenoxy) is 1. The summed E-state index contributed by atoms with van der Waals surface area (Å²) in [6.45, 7) is 4.30. The summed E-state index contributed by atoms with van der Waals surface area (Å²) in [6.07, 6.45) is 0.165. The highest BCUT2D eigenvalue weighted by Gasteiger charge is 2.35. The highest BCUT2D eigenvalue weighted by atomic mass is 32.1. The highest BCUT2D eigenvalue weighted by molar-refractivity contribution is 7.17. The summed E-state index contributed by atoms with van der Waals surface area (Å²) in [4.78, 5) is 32.8. The van der Waals surface area contributed by atoms with Crippen molar-refractivity contribution in [2.45, 2.75) is 20.3 Å². The minimum absolute atomic E-state index is 0.0782. The molecule has 1 atom stereocenters. The van der Waals surface area contributed by atoms with Crippen LogP contribution >= 0.6 is 11.3 Å². The van der Waals surface area contributed by atoms with Crippen LogP contribution in [0.25, 0.3) is 4.96 Å². The second-order valence-corrected chi connectivity index (χ2v) is 7.65. The smallest absolute Gasteiger partial charge is 0.250 e. The average molecular weight is 385 g/mol. The molecule has 0 radical (unpaired) electrons. The topological polar surface area (TPSA) is 88.8 Å². The molecule has 1 N–H and O–H groups in total. The summed E-state index contributed by atoms with van der Waals surface area (Å²) in [6, 6.07) is 7.21. The van der Waals surface area contributed by atoms with Crippen LogP contribution in [0.4, 0.5) is 11.6 Å². The van der Waals surface area contributed by atoms with Crippen LogP contribution < -0.4 is 15.0 Å². The lowest BCUT2D eigenvalue weighted by Crippen LogP contribution is -2.28. The SMILES string of the molecule is COc1ccc(N2CC(C(=O)Nc3nc4sc(C)c(C)n4n3)CC2=O)cc1. The zero-order valence-corrected chi connectivity index (χ0v) is 16.0. The van der Waals surface area contributed by atoms with Gasteiger partial charge in [0, 0.05) is 23.5 Å². The van der Waals surface area contributed by atoms with E-state index in [1.165, 1.54) is 11.3 Å².